The normalized spacial score (nSPS) is 14.2. The SMILES string of the molecule is N#Cc1nn(-c2c(Cl)cc(C(F)(F)F)cc2Cl)c(N)c1OC(=O)C1CC1. The topological polar surface area (TPSA) is 93.9 Å². The lowest BCUT2D eigenvalue weighted by molar-refractivity contribution is -0.137. The highest BCUT2D eigenvalue weighted by Crippen LogP contribution is 2.40. The van der Waals surface area contributed by atoms with E-state index in [9.17, 15) is 23.2 Å². The second-order valence-corrected chi connectivity index (χ2v) is 6.38. The van der Waals surface area contributed by atoms with E-state index < -0.39 is 17.7 Å². The van der Waals surface area contributed by atoms with Crippen molar-refractivity contribution >= 4 is 35.0 Å². The smallest absolute Gasteiger partial charge is 0.416 e. The molecular weight excluding hydrogens is 396 g/mol. The number of hydrogen-bond acceptors (Lipinski definition) is 5. The Morgan fingerprint density at radius 1 is 1.35 bits per heavy atom. The molecule has 1 saturated carbocycles. The maximum atomic E-state index is 12.8. The molecule has 136 valence electrons. The van der Waals surface area contributed by atoms with Crippen LogP contribution in [0, 0.1) is 17.2 Å². The molecule has 2 aromatic rings. The van der Waals surface area contributed by atoms with Gasteiger partial charge in [0.2, 0.25) is 11.4 Å². The van der Waals surface area contributed by atoms with Crippen LogP contribution >= 0.6 is 23.2 Å². The first kappa shape index (κ1) is 18.4. The lowest BCUT2D eigenvalue weighted by Crippen LogP contribution is -2.12. The molecule has 26 heavy (non-hydrogen) atoms. The maximum absolute atomic E-state index is 12.8. The molecule has 0 aliphatic heterocycles. The number of ether oxygens (including phenoxy) is 1. The summed E-state index contributed by atoms with van der Waals surface area (Å²) >= 11 is 11.9. The third-order valence-electron chi connectivity index (χ3n) is 3.65. The summed E-state index contributed by atoms with van der Waals surface area (Å²) in [5.74, 6) is -1.38. The van der Waals surface area contributed by atoms with Crippen LogP contribution in [0.4, 0.5) is 19.0 Å². The first-order chi connectivity index (χ1) is 12.1. The lowest BCUT2D eigenvalue weighted by atomic mass is 10.2. The van der Waals surface area contributed by atoms with Crippen LogP contribution < -0.4 is 10.5 Å². The minimum absolute atomic E-state index is 0.163. The van der Waals surface area contributed by atoms with Crippen molar-refractivity contribution in [1.82, 2.24) is 9.78 Å². The van der Waals surface area contributed by atoms with Crippen molar-refractivity contribution < 1.29 is 22.7 Å². The summed E-state index contributed by atoms with van der Waals surface area (Å²) in [5.41, 5.74) is 4.34. The van der Waals surface area contributed by atoms with Gasteiger partial charge in [0.15, 0.2) is 5.82 Å². The van der Waals surface area contributed by atoms with Gasteiger partial charge in [-0.15, -0.1) is 0 Å². The molecule has 0 radical (unpaired) electrons. The molecule has 0 amide bonds. The molecule has 0 unspecified atom stereocenters. The summed E-state index contributed by atoms with van der Waals surface area (Å²) in [6, 6.07) is 3.03. The van der Waals surface area contributed by atoms with E-state index in [-0.39, 0.29) is 38.9 Å². The van der Waals surface area contributed by atoms with Crippen LogP contribution in [0.3, 0.4) is 0 Å². The molecule has 0 bridgehead atoms. The number of alkyl halides is 3. The highest BCUT2D eigenvalue weighted by atomic mass is 35.5. The van der Waals surface area contributed by atoms with Gasteiger partial charge in [-0.25, -0.2) is 4.68 Å². The first-order valence-corrected chi connectivity index (χ1v) is 7.96. The van der Waals surface area contributed by atoms with Crippen molar-refractivity contribution in [1.29, 1.82) is 5.26 Å². The number of nitrogens with two attached hydrogens (primary N) is 1. The minimum atomic E-state index is -4.65. The van der Waals surface area contributed by atoms with E-state index in [2.05, 4.69) is 5.10 Å². The number of halogens is 5. The van der Waals surface area contributed by atoms with Gasteiger partial charge in [-0.1, -0.05) is 23.2 Å². The molecule has 11 heteroatoms. The summed E-state index contributed by atoms with van der Waals surface area (Å²) in [5, 5.41) is 12.2. The Bertz CT molecular complexity index is 923. The molecule has 1 fully saturated rings. The molecule has 1 heterocycles. The number of rotatable bonds is 3. The molecule has 0 saturated heterocycles. The van der Waals surface area contributed by atoms with Crippen LogP contribution in [-0.4, -0.2) is 15.7 Å². The first-order valence-electron chi connectivity index (χ1n) is 7.20. The number of anilines is 1. The van der Waals surface area contributed by atoms with Gasteiger partial charge in [-0.2, -0.15) is 23.5 Å². The van der Waals surface area contributed by atoms with E-state index in [1.165, 1.54) is 0 Å². The van der Waals surface area contributed by atoms with E-state index in [0.29, 0.717) is 25.0 Å². The highest BCUT2D eigenvalue weighted by molar-refractivity contribution is 6.38. The number of nitrogens with zero attached hydrogens (tertiary/aromatic N) is 3. The van der Waals surface area contributed by atoms with Crippen molar-refractivity contribution in [2.45, 2.75) is 19.0 Å². The fraction of sp³-hybridized carbons (Fsp3) is 0.267. The van der Waals surface area contributed by atoms with E-state index >= 15 is 0 Å². The molecule has 1 aliphatic rings. The molecular formula is C15H9Cl2F3N4O2. The van der Waals surface area contributed by atoms with Crippen molar-refractivity contribution in [3.63, 3.8) is 0 Å². The average molecular weight is 405 g/mol. The molecule has 2 N–H and O–H groups in total. The monoisotopic (exact) mass is 404 g/mol. The summed E-state index contributed by atoms with van der Waals surface area (Å²) in [6.07, 6.45) is -3.30. The van der Waals surface area contributed by atoms with E-state index in [1.54, 1.807) is 6.07 Å². The van der Waals surface area contributed by atoms with Gasteiger partial charge in [0.1, 0.15) is 11.8 Å². The Morgan fingerprint density at radius 2 is 1.92 bits per heavy atom. The van der Waals surface area contributed by atoms with Gasteiger partial charge in [0.05, 0.1) is 21.5 Å². The zero-order valence-corrected chi connectivity index (χ0v) is 14.3. The number of esters is 1. The van der Waals surface area contributed by atoms with Crippen molar-refractivity contribution in [3.8, 4) is 17.5 Å². The molecule has 0 atom stereocenters. The second kappa shape index (κ2) is 6.37. The van der Waals surface area contributed by atoms with Gasteiger partial charge < -0.3 is 10.5 Å². The van der Waals surface area contributed by atoms with Crippen molar-refractivity contribution in [3.05, 3.63) is 33.4 Å². The molecule has 1 aromatic heterocycles. The Kier molecular flexibility index (Phi) is 4.50. The van der Waals surface area contributed by atoms with Crippen LogP contribution in [0.25, 0.3) is 5.69 Å². The Balaban J connectivity index is 2.09. The minimum Gasteiger partial charge on any atom is -0.419 e. The Morgan fingerprint density at radius 3 is 2.38 bits per heavy atom. The Labute approximate surface area is 154 Å². The van der Waals surface area contributed by atoms with Crippen molar-refractivity contribution in [2.75, 3.05) is 5.73 Å². The third-order valence-corrected chi connectivity index (χ3v) is 4.23. The van der Waals surface area contributed by atoms with Crippen LogP contribution in [0.5, 0.6) is 5.75 Å². The molecule has 0 spiro atoms. The number of aromatic nitrogens is 2. The maximum Gasteiger partial charge on any atom is 0.416 e. The zero-order chi connectivity index (χ0) is 19.2. The van der Waals surface area contributed by atoms with E-state index in [4.69, 9.17) is 33.7 Å². The average Bonchev–Trinajstić information content (AvgIpc) is 3.34. The molecule has 3 rings (SSSR count). The molecule has 6 nitrogen and oxygen atoms in total. The van der Waals surface area contributed by atoms with E-state index in [0.717, 1.165) is 4.68 Å². The number of carbonyl (C=O) groups excluding carboxylic acids is 1. The predicted molar refractivity (Wildman–Crippen MR) is 86.1 cm³/mol. The number of carbonyl (C=O) groups is 1. The van der Waals surface area contributed by atoms with Crippen LogP contribution in [-0.2, 0) is 11.0 Å². The number of nitrogen functional groups attached to an aromatic ring is 1. The molecule has 1 aromatic carbocycles. The fourth-order valence-corrected chi connectivity index (χ4v) is 2.84. The summed E-state index contributed by atoms with van der Waals surface area (Å²) in [4.78, 5) is 11.8. The predicted octanol–water partition coefficient (Wildman–Crippen LogP) is 3.97. The summed E-state index contributed by atoms with van der Waals surface area (Å²) in [7, 11) is 0. The van der Waals surface area contributed by atoms with E-state index in [1.807, 2.05) is 0 Å². The highest BCUT2D eigenvalue weighted by Gasteiger charge is 2.35. The van der Waals surface area contributed by atoms with Gasteiger partial charge >= 0.3 is 12.1 Å². The van der Waals surface area contributed by atoms with Gasteiger partial charge in [-0.05, 0) is 25.0 Å². The number of hydrogen-bond donors (Lipinski definition) is 1. The summed E-state index contributed by atoms with van der Waals surface area (Å²) < 4.78 is 44.5. The van der Waals surface area contributed by atoms with Crippen molar-refractivity contribution in [2.24, 2.45) is 5.92 Å². The third kappa shape index (κ3) is 3.30. The van der Waals surface area contributed by atoms with Crippen LogP contribution in [0.2, 0.25) is 10.0 Å². The summed E-state index contributed by atoms with van der Waals surface area (Å²) in [6.45, 7) is 0. The fourth-order valence-electron chi connectivity index (χ4n) is 2.20. The largest absolute Gasteiger partial charge is 0.419 e. The lowest BCUT2D eigenvalue weighted by Gasteiger charge is -2.13. The number of benzene rings is 1. The van der Waals surface area contributed by atoms with Crippen LogP contribution in [0.1, 0.15) is 24.1 Å². The van der Waals surface area contributed by atoms with Gasteiger partial charge in [0.25, 0.3) is 0 Å². The molecule has 1 aliphatic carbocycles. The van der Waals surface area contributed by atoms with Crippen LogP contribution in [0.15, 0.2) is 12.1 Å². The zero-order valence-electron chi connectivity index (χ0n) is 12.8. The van der Waals surface area contributed by atoms with Gasteiger partial charge in [0, 0.05) is 0 Å². The standard InChI is InChI=1S/C15H9Cl2F3N4O2/c16-8-3-7(15(18,19)20)4-9(17)11(8)24-13(22)12(10(5-21)23-24)26-14(25)6-1-2-6/h3-4,6H,1-2,22H2. The number of nitriles is 1. The Hall–Kier alpha value is -2.44. The second-order valence-electron chi connectivity index (χ2n) is 5.57. The van der Waals surface area contributed by atoms with Gasteiger partial charge in [-0.3, -0.25) is 4.79 Å². The quantitative estimate of drug-likeness (QED) is 0.781.